The molecular weight excluding hydrogens is 258 g/mol. The van der Waals surface area contributed by atoms with Crippen LogP contribution in [0.15, 0.2) is 23.7 Å². The van der Waals surface area contributed by atoms with Crippen LogP contribution in [0.1, 0.15) is 36.0 Å². The Morgan fingerprint density at radius 3 is 2.89 bits per heavy atom. The molecule has 0 unspecified atom stereocenters. The Labute approximate surface area is 116 Å². The monoisotopic (exact) mass is 275 g/mol. The second-order valence-corrected chi connectivity index (χ2v) is 5.66. The molecule has 19 heavy (non-hydrogen) atoms. The van der Waals surface area contributed by atoms with Crippen molar-refractivity contribution in [2.24, 2.45) is 0 Å². The van der Waals surface area contributed by atoms with Gasteiger partial charge in [0.25, 0.3) is 0 Å². The average Bonchev–Trinajstić information content (AvgIpc) is 2.77. The maximum atomic E-state index is 11.9. The number of hydrogen-bond donors (Lipinski definition) is 1. The van der Waals surface area contributed by atoms with Gasteiger partial charge in [-0.3, -0.25) is 4.79 Å². The number of hydrogen-bond acceptors (Lipinski definition) is 4. The van der Waals surface area contributed by atoms with Gasteiger partial charge in [-0.1, -0.05) is 13.8 Å². The van der Waals surface area contributed by atoms with Crippen molar-refractivity contribution in [1.29, 1.82) is 0 Å². The Hall–Kier alpha value is -1.75. The van der Waals surface area contributed by atoms with Crippen LogP contribution < -0.4 is 5.32 Å². The van der Waals surface area contributed by atoms with Crippen molar-refractivity contribution in [3.8, 4) is 0 Å². The van der Waals surface area contributed by atoms with E-state index in [1.54, 1.807) is 17.5 Å². The van der Waals surface area contributed by atoms with E-state index in [9.17, 15) is 4.79 Å². The maximum absolute atomic E-state index is 11.9. The predicted octanol–water partition coefficient (Wildman–Crippen LogP) is 3.15. The molecule has 0 fully saturated rings. The molecule has 0 aliphatic heterocycles. The smallest absolute Gasteiger partial charge is 0.231 e. The van der Waals surface area contributed by atoms with Crippen molar-refractivity contribution in [1.82, 2.24) is 9.97 Å². The van der Waals surface area contributed by atoms with Gasteiger partial charge in [0.2, 0.25) is 5.91 Å². The predicted molar refractivity (Wildman–Crippen MR) is 77.5 cm³/mol. The molecule has 0 aliphatic carbocycles. The van der Waals surface area contributed by atoms with Crippen LogP contribution in [0.4, 0.5) is 5.82 Å². The fourth-order valence-corrected chi connectivity index (χ4v) is 2.46. The molecule has 4 nitrogen and oxygen atoms in total. The number of nitrogens with one attached hydrogen (secondary N) is 1. The van der Waals surface area contributed by atoms with Crippen LogP contribution in [0, 0.1) is 6.92 Å². The van der Waals surface area contributed by atoms with E-state index in [1.807, 2.05) is 24.4 Å². The number of nitrogens with zero attached hydrogens (tertiary/aromatic N) is 2. The summed E-state index contributed by atoms with van der Waals surface area (Å²) in [5.41, 5.74) is 1.89. The topological polar surface area (TPSA) is 54.9 Å². The summed E-state index contributed by atoms with van der Waals surface area (Å²) in [4.78, 5) is 20.4. The first-order valence-electron chi connectivity index (χ1n) is 6.21. The van der Waals surface area contributed by atoms with E-state index in [4.69, 9.17) is 0 Å². The highest BCUT2D eigenvalue weighted by molar-refractivity contribution is 7.09. The van der Waals surface area contributed by atoms with E-state index in [0.29, 0.717) is 18.2 Å². The third kappa shape index (κ3) is 3.86. The molecule has 0 atom stereocenters. The van der Waals surface area contributed by atoms with Crippen molar-refractivity contribution in [2.75, 3.05) is 5.32 Å². The molecule has 1 amide bonds. The van der Waals surface area contributed by atoms with E-state index in [2.05, 4.69) is 29.1 Å². The zero-order valence-corrected chi connectivity index (χ0v) is 12.1. The lowest BCUT2D eigenvalue weighted by Crippen LogP contribution is -2.15. The highest BCUT2D eigenvalue weighted by atomic mass is 32.1. The second-order valence-electron chi connectivity index (χ2n) is 4.78. The number of aromatic nitrogens is 2. The Bertz CT molecular complexity index is 578. The molecule has 0 saturated heterocycles. The van der Waals surface area contributed by atoms with Crippen molar-refractivity contribution in [2.45, 2.75) is 33.1 Å². The number of rotatable bonds is 4. The lowest BCUT2D eigenvalue weighted by atomic mass is 10.2. The van der Waals surface area contributed by atoms with Crippen LogP contribution in [0.3, 0.4) is 0 Å². The number of carbonyl (C=O) groups is 1. The summed E-state index contributed by atoms with van der Waals surface area (Å²) in [5.74, 6) is 0.906. The molecular formula is C14H17N3OS. The molecule has 0 spiro atoms. The Morgan fingerprint density at radius 2 is 2.26 bits per heavy atom. The third-order valence-electron chi connectivity index (χ3n) is 2.59. The highest BCUT2D eigenvalue weighted by Gasteiger charge is 2.10. The number of thiazole rings is 1. The van der Waals surface area contributed by atoms with Gasteiger partial charge in [-0.25, -0.2) is 9.97 Å². The molecule has 2 rings (SSSR count). The molecule has 1 N–H and O–H groups in total. The number of carbonyl (C=O) groups excluding carboxylic acids is 1. The van der Waals surface area contributed by atoms with Crippen molar-refractivity contribution >= 4 is 23.1 Å². The van der Waals surface area contributed by atoms with E-state index in [-0.39, 0.29) is 5.91 Å². The minimum atomic E-state index is -0.0845. The molecule has 2 aromatic rings. The lowest BCUT2D eigenvalue weighted by Gasteiger charge is -2.03. The summed E-state index contributed by atoms with van der Waals surface area (Å²) >= 11 is 1.60. The van der Waals surface area contributed by atoms with Crippen molar-refractivity contribution in [3.05, 3.63) is 40.0 Å². The van der Waals surface area contributed by atoms with E-state index in [1.165, 1.54) is 0 Å². The molecule has 2 heterocycles. The first kappa shape index (κ1) is 13.7. The summed E-state index contributed by atoms with van der Waals surface area (Å²) in [6, 6.07) is 3.74. The number of anilines is 1. The van der Waals surface area contributed by atoms with Gasteiger partial charge in [0.15, 0.2) is 0 Å². The first-order chi connectivity index (χ1) is 9.04. The van der Waals surface area contributed by atoms with E-state index in [0.717, 1.165) is 16.3 Å². The number of aryl methyl sites for hydroxylation is 1. The zero-order valence-electron chi connectivity index (χ0n) is 11.3. The van der Waals surface area contributed by atoms with Crippen LogP contribution in [0.5, 0.6) is 0 Å². The quantitative estimate of drug-likeness (QED) is 0.932. The number of pyridine rings is 1. The van der Waals surface area contributed by atoms with Gasteiger partial charge in [0, 0.05) is 17.5 Å². The van der Waals surface area contributed by atoms with Gasteiger partial charge in [-0.15, -0.1) is 11.3 Å². The van der Waals surface area contributed by atoms with E-state index >= 15 is 0 Å². The summed E-state index contributed by atoms with van der Waals surface area (Å²) in [7, 11) is 0. The SMILES string of the molecule is Cc1ccnc(NC(=O)Cc2csc(C(C)C)n2)c1. The molecule has 0 saturated carbocycles. The molecule has 0 radical (unpaired) electrons. The van der Waals surface area contributed by atoms with E-state index < -0.39 is 0 Å². The second kappa shape index (κ2) is 5.93. The largest absolute Gasteiger partial charge is 0.310 e. The maximum Gasteiger partial charge on any atom is 0.231 e. The van der Waals surface area contributed by atoms with Crippen LogP contribution in [-0.2, 0) is 11.2 Å². The fraction of sp³-hybridized carbons (Fsp3) is 0.357. The molecule has 0 aliphatic rings. The molecule has 0 aromatic carbocycles. The fourth-order valence-electron chi connectivity index (χ4n) is 1.63. The minimum Gasteiger partial charge on any atom is -0.310 e. The standard InChI is InChI=1S/C14H17N3OS/c1-9(2)14-16-11(8-19-14)7-13(18)17-12-6-10(3)4-5-15-12/h4-6,8-9H,7H2,1-3H3,(H,15,17,18). The Balaban J connectivity index is 1.97. The third-order valence-corrected chi connectivity index (χ3v) is 3.78. The van der Waals surface area contributed by atoms with Gasteiger partial charge < -0.3 is 5.32 Å². The van der Waals surface area contributed by atoms with Crippen LogP contribution >= 0.6 is 11.3 Å². The average molecular weight is 275 g/mol. The van der Waals surface area contributed by atoms with Gasteiger partial charge in [0.05, 0.1) is 17.1 Å². The van der Waals surface area contributed by atoms with Gasteiger partial charge in [-0.2, -0.15) is 0 Å². The Morgan fingerprint density at radius 1 is 1.47 bits per heavy atom. The lowest BCUT2D eigenvalue weighted by molar-refractivity contribution is -0.115. The first-order valence-corrected chi connectivity index (χ1v) is 7.09. The molecule has 5 heteroatoms. The minimum absolute atomic E-state index is 0.0845. The van der Waals surface area contributed by atoms with Gasteiger partial charge in [0.1, 0.15) is 5.82 Å². The van der Waals surface area contributed by atoms with Gasteiger partial charge in [-0.05, 0) is 24.6 Å². The normalized spacial score (nSPS) is 10.7. The van der Waals surface area contributed by atoms with Crippen LogP contribution in [-0.4, -0.2) is 15.9 Å². The molecule has 2 aromatic heterocycles. The number of amides is 1. The zero-order chi connectivity index (χ0) is 13.8. The molecule has 100 valence electrons. The Kier molecular flexibility index (Phi) is 4.27. The molecule has 0 bridgehead atoms. The van der Waals surface area contributed by atoms with Gasteiger partial charge >= 0.3 is 0 Å². The van der Waals surface area contributed by atoms with Crippen molar-refractivity contribution < 1.29 is 4.79 Å². The van der Waals surface area contributed by atoms with Crippen LogP contribution in [0.25, 0.3) is 0 Å². The van der Waals surface area contributed by atoms with Crippen molar-refractivity contribution in [3.63, 3.8) is 0 Å². The van der Waals surface area contributed by atoms with Crippen LogP contribution in [0.2, 0.25) is 0 Å². The summed E-state index contributed by atoms with van der Waals surface area (Å²) in [5, 5.41) is 5.79. The highest BCUT2D eigenvalue weighted by Crippen LogP contribution is 2.19. The summed E-state index contributed by atoms with van der Waals surface area (Å²) < 4.78 is 0. The summed E-state index contributed by atoms with van der Waals surface area (Å²) in [6.45, 7) is 6.16. The summed E-state index contributed by atoms with van der Waals surface area (Å²) in [6.07, 6.45) is 1.98.